The zero-order chi connectivity index (χ0) is 24.2. The number of carbonyl (C=O) groups excluding carboxylic acids is 2. The molecule has 0 spiro atoms. The fraction of sp³-hybridized carbons (Fsp3) is 0.200. The van der Waals surface area contributed by atoms with Crippen LogP contribution in [0.2, 0.25) is 0 Å². The maximum Gasteiger partial charge on any atom is 0.256 e. The van der Waals surface area contributed by atoms with Crippen LogP contribution in [-0.4, -0.2) is 24.9 Å². The molecule has 1 unspecified atom stereocenters. The Morgan fingerprint density at radius 1 is 0.771 bits per heavy atom. The number of nitrogens with zero attached hydrogens (tertiary/aromatic N) is 1. The van der Waals surface area contributed by atoms with Gasteiger partial charge >= 0.3 is 0 Å². The number of fused-ring (bicyclic) bond motifs is 1. The largest absolute Gasteiger partial charge is 0.371 e. The molecule has 5 nitrogen and oxygen atoms in total. The van der Waals surface area contributed by atoms with Gasteiger partial charge in [0.15, 0.2) is 0 Å². The molecule has 2 amide bonds. The molecule has 1 saturated heterocycles. The van der Waals surface area contributed by atoms with Crippen LogP contribution in [0.25, 0.3) is 10.8 Å². The monoisotopic (exact) mass is 463 g/mol. The summed E-state index contributed by atoms with van der Waals surface area (Å²) < 4.78 is 0. The van der Waals surface area contributed by atoms with E-state index in [1.54, 1.807) is 6.07 Å². The van der Waals surface area contributed by atoms with Gasteiger partial charge in [-0.2, -0.15) is 0 Å². The summed E-state index contributed by atoms with van der Waals surface area (Å²) in [4.78, 5) is 28.9. The molecule has 1 fully saturated rings. The number of rotatable bonds is 6. The number of benzene rings is 4. The van der Waals surface area contributed by atoms with Crippen LogP contribution < -0.4 is 15.5 Å². The highest BCUT2D eigenvalue weighted by molar-refractivity contribution is 6.13. The molecule has 35 heavy (non-hydrogen) atoms. The Balaban J connectivity index is 1.43. The molecule has 1 heterocycles. The average molecular weight is 464 g/mol. The molecule has 2 N–H and O–H groups in total. The van der Waals surface area contributed by atoms with Crippen LogP contribution in [0.15, 0.2) is 91.0 Å². The first-order valence-corrected chi connectivity index (χ1v) is 12.1. The summed E-state index contributed by atoms with van der Waals surface area (Å²) in [7, 11) is 0. The Labute approximate surface area is 205 Å². The minimum Gasteiger partial charge on any atom is -0.371 e. The van der Waals surface area contributed by atoms with E-state index in [9.17, 15) is 9.59 Å². The van der Waals surface area contributed by atoms with E-state index in [-0.39, 0.29) is 17.9 Å². The maximum absolute atomic E-state index is 13.4. The van der Waals surface area contributed by atoms with Crippen LogP contribution in [-0.2, 0) is 0 Å². The second kappa shape index (κ2) is 10.0. The van der Waals surface area contributed by atoms with E-state index in [4.69, 9.17) is 0 Å². The highest BCUT2D eigenvalue weighted by Gasteiger charge is 2.22. The molecule has 1 aliphatic rings. The van der Waals surface area contributed by atoms with Gasteiger partial charge in [-0.1, -0.05) is 66.7 Å². The summed E-state index contributed by atoms with van der Waals surface area (Å²) in [6.45, 7) is 3.83. The summed E-state index contributed by atoms with van der Waals surface area (Å²) in [6, 6.07) is 28.9. The lowest BCUT2D eigenvalue weighted by Crippen LogP contribution is -2.29. The highest BCUT2D eigenvalue weighted by atomic mass is 16.2. The zero-order valence-corrected chi connectivity index (χ0v) is 19.8. The Morgan fingerprint density at radius 3 is 2.29 bits per heavy atom. The van der Waals surface area contributed by atoms with Crippen molar-refractivity contribution in [3.63, 3.8) is 0 Å². The molecule has 0 aromatic heterocycles. The van der Waals surface area contributed by atoms with Crippen molar-refractivity contribution in [1.82, 2.24) is 5.32 Å². The summed E-state index contributed by atoms with van der Waals surface area (Å²) in [6.07, 6.45) is 2.22. The average Bonchev–Trinajstić information content (AvgIpc) is 3.43. The number of amides is 2. The van der Waals surface area contributed by atoms with Crippen molar-refractivity contribution in [2.45, 2.75) is 25.8 Å². The smallest absolute Gasteiger partial charge is 0.256 e. The highest BCUT2D eigenvalue weighted by Crippen LogP contribution is 2.29. The van der Waals surface area contributed by atoms with E-state index in [0.717, 1.165) is 48.0 Å². The number of anilines is 2. The SMILES string of the molecule is CC(NC(=O)c1cc(NC(=O)c2cccc3ccccc23)ccc1N1CCCC1)c1ccccc1. The molecular weight excluding hydrogens is 434 g/mol. The van der Waals surface area contributed by atoms with Gasteiger partial charge in [-0.25, -0.2) is 0 Å². The molecule has 0 bridgehead atoms. The fourth-order valence-electron chi connectivity index (χ4n) is 4.75. The molecule has 4 aromatic rings. The molecule has 1 aliphatic heterocycles. The minimum absolute atomic E-state index is 0.135. The summed E-state index contributed by atoms with van der Waals surface area (Å²) >= 11 is 0. The van der Waals surface area contributed by atoms with Gasteiger partial charge < -0.3 is 15.5 Å². The first-order valence-electron chi connectivity index (χ1n) is 12.1. The molecule has 176 valence electrons. The predicted molar refractivity (Wildman–Crippen MR) is 142 cm³/mol. The van der Waals surface area contributed by atoms with Crippen LogP contribution >= 0.6 is 0 Å². The topological polar surface area (TPSA) is 61.4 Å². The normalized spacial score (nSPS) is 14.0. The molecule has 1 atom stereocenters. The lowest BCUT2D eigenvalue weighted by atomic mass is 10.0. The van der Waals surface area contributed by atoms with Crippen molar-refractivity contribution in [3.05, 3.63) is 108 Å². The van der Waals surface area contributed by atoms with Crippen LogP contribution in [0, 0.1) is 0 Å². The van der Waals surface area contributed by atoms with E-state index in [1.807, 2.05) is 91.9 Å². The summed E-state index contributed by atoms with van der Waals surface area (Å²) in [5, 5.41) is 8.06. The quantitative estimate of drug-likeness (QED) is 0.359. The Morgan fingerprint density at radius 2 is 1.49 bits per heavy atom. The van der Waals surface area contributed by atoms with Crippen molar-refractivity contribution in [2.24, 2.45) is 0 Å². The van der Waals surface area contributed by atoms with Gasteiger partial charge in [-0.15, -0.1) is 0 Å². The van der Waals surface area contributed by atoms with E-state index in [0.29, 0.717) is 16.8 Å². The number of carbonyl (C=O) groups is 2. The Bertz CT molecular complexity index is 1360. The minimum atomic E-state index is -0.195. The first kappa shape index (κ1) is 22.7. The molecule has 0 radical (unpaired) electrons. The zero-order valence-electron chi connectivity index (χ0n) is 19.8. The third-order valence-electron chi connectivity index (χ3n) is 6.63. The first-order chi connectivity index (χ1) is 17.1. The molecule has 5 heteroatoms. The van der Waals surface area contributed by atoms with Crippen molar-refractivity contribution in [1.29, 1.82) is 0 Å². The summed E-state index contributed by atoms with van der Waals surface area (Å²) in [5.41, 5.74) is 3.73. The molecular formula is C30H29N3O2. The molecule has 0 aliphatic carbocycles. The van der Waals surface area contributed by atoms with Crippen molar-refractivity contribution < 1.29 is 9.59 Å². The van der Waals surface area contributed by atoms with E-state index in [1.165, 1.54) is 0 Å². The van der Waals surface area contributed by atoms with Crippen LogP contribution in [0.3, 0.4) is 0 Å². The molecule has 0 saturated carbocycles. The molecule has 4 aromatic carbocycles. The van der Waals surface area contributed by atoms with Gasteiger partial charge in [0, 0.05) is 30.0 Å². The van der Waals surface area contributed by atoms with E-state index >= 15 is 0 Å². The van der Waals surface area contributed by atoms with Crippen molar-refractivity contribution >= 4 is 34.0 Å². The van der Waals surface area contributed by atoms with Gasteiger partial charge in [0.25, 0.3) is 11.8 Å². The number of hydrogen-bond donors (Lipinski definition) is 2. The van der Waals surface area contributed by atoms with Crippen LogP contribution in [0.5, 0.6) is 0 Å². The lowest BCUT2D eigenvalue weighted by Gasteiger charge is -2.23. The van der Waals surface area contributed by atoms with Gasteiger partial charge in [0.1, 0.15) is 0 Å². The number of hydrogen-bond acceptors (Lipinski definition) is 3. The van der Waals surface area contributed by atoms with E-state index < -0.39 is 0 Å². The van der Waals surface area contributed by atoms with Gasteiger partial charge in [-0.3, -0.25) is 9.59 Å². The Hall–Kier alpha value is -4.12. The second-order valence-corrected chi connectivity index (χ2v) is 9.01. The third-order valence-corrected chi connectivity index (χ3v) is 6.63. The fourth-order valence-corrected chi connectivity index (χ4v) is 4.75. The van der Waals surface area contributed by atoms with Crippen molar-refractivity contribution in [3.8, 4) is 0 Å². The third kappa shape index (κ3) is 4.90. The van der Waals surface area contributed by atoms with Crippen LogP contribution in [0.1, 0.15) is 52.1 Å². The van der Waals surface area contributed by atoms with Gasteiger partial charge in [0.05, 0.1) is 11.6 Å². The number of nitrogens with one attached hydrogen (secondary N) is 2. The van der Waals surface area contributed by atoms with Gasteiger partial charge in [-0.05, 0) is 60.4 Å². The molecule has 5 rings (SSSR count). The standard InChI is InChI=1S/C30H29N3O2/c1-21(22-10-3-2-4-11-22)31-30(35)27-20-24(16-17-28(27)33-18-7-8-19-33)32-29(34)26-15-9-13-23-12-5-6-14-25(23)26/h2-6,9-17,20-21H,7-8,18-19H2,1H3,(H,31,35)(H,32,34). The maximum atomic E-state index is 13.4. The summed E-state index contributed by atoms with van der Waals surface area (Å²) in [5.74, 6) is -0.343. The Kier molecular flexibility index (Phi) is 6.49. The predicted octanol–water partition coefficient (Wildman–Crippen LogP) is 6.18. The van der Waals surface area contributed by atoms with E-state index in [2.05, 4.69) is 15.5 Å². The van der Waals surface area contributed by atoms with Crippen LogP contribution in [0.4, 0.5) is 11.4 Å². The second-order valence-electron chi connectivity index (χ2n) is 9.01. The lowest BCUT2D eigenvalue weighted by molar-refractivity contribution is 0.0939. The van der Waals surface area contributed by atoms with Gasteiger partial charge in [0.2, 0.25) is 0 Å². The van der Waals surface area contributed by atoms with Crippen molar-refractivity contribution in [2.75, 3.05) is 23.3 Å².